The van der Waals surface area contributed by atoms with Crippen LogP contribution in [0.15, 0.2) is 0 Å². The Morgan fingerprint density at radius 2 is 1.12 bits per heavy atom. The summed E-state index contributed by atoms with van der Waals surface area (Å²) in [6, 6.07) is 0.562. The second-order valence-corrected chi connectivity index (χ2v) is 3.84. The molecule has 0 spiro atoms. The molecule has 6 nitrogen and oxygen atoms in total. The number of hydrogen-bond donors (Lipinski definition) is 2. The molecule has 0 bridgehead atoms. The average Bonchev–Trinajstić information content (AvgIpc) is 1.92. The van der Waals surface area contributed by atoms with E-state index in [1.165, 1.54) is 12.8 Å². The molecule has 0 aromatic carbocycles. The topological polar surface area (TPSA) is 132 Å². The molecule has 10 heteroatoms. The van der Waals surface area contributed by atoms with Crippen LogP contribution < -0.4 is 70.6 Å². The Hall–Kier alpha value is 2.48. The minimum atomic E-state index is -5.17. The van der Waals surface area contributed by atoms with E-state index in [2.05, 4.69) is 0 Å². The van der Waals surface area contributed by atoms with Crippen LogP contribution in [-0.2, 0) is 31.5 Å². The van der Waals surface area contributed by atoms with Crippen molar-refractivity contribution in [3.8, 4) is 0 Å². The van der Waals surface area contributed by atoms with Gasteiger partial charge in [-0.15, -0.1) is 0 Å². The van der Waals surface area contributed by atoms with Crippen molar-refractivity contribution in [2.24, 2.45) is 11.5 Å². The van der Waals surface area contributed by atoms with Crippen molar-refractivity contribution in [3.63, 3.8) is 0 Å². The first-order valence-electron chi connectivity index (χ1n) is 3.98. The van der Waals surface area contributed by atoms with Gasteiger partial charge in [-0.05, 0) is 12.8 Å². The van der Waals surface area contributed by atoms with E-state index in [4.69, 9.17) is 29.0 Å². The van der Waals surface area contributed by atoms with Crippen LogP contribution in [0, 0.1) is 0 Å². The summed E-state index contributed by atoms with van der Waals surface area (Å²) in [5, 5.41) is 0. The monoisotopic (exact) mass is 451 g/mol. The van der Waals surface area contributed by atoms with E-state index in [1.807, 2.05) is 0 Å². The molecule has 1 fully saturated rings. The van der Waals surface area contributed by atoms with Crippen molar-refractivity contribution in [1.82, 2.24) is 0 Å². The zero-order valence-corrected chi connectivity index (χ0v) is 16.6. The maximum Gasteiger partial charge on any atom is 1.00 e. The summed E-state index contributed by atoms with van der Waals surface area (Å²) < 4.78 is 34.1. The van der Waals surface area contributed by atoms with E-state index in [1.54, 1.807) is 0 Å². The molecular formula is C6H14N2Na2O4PtS. The van der Waals surface area contributed by atoms with Crippen molar-refractivity contribution in [2.45, 2.75) is 37.8 Å². The van der Waals surface area contributed by atoms with E-state index in [0.717, 1.165) is 12.8 Å². The molecule has 0 amide bonds. The SMILES string of the molecule is NC1CCCCC1N.O=S(=O)([O-])[O-].[Na+].[Na+].[Pt]. The van der Waals surface area contributed by atoms with E-state index < -0.39 is 10.4 Å². The van der Waals surface area contributed by atoms with Crippen LogP contribution in [0.2, 0.25) is 0 Å². The third-order valence-electron chi connectivity index (χ3n) is 1.87. The molecular weight excluding hydrogens is 437 g/mol. The first kappa shape index (κ1) is 26.9. The van der Waals surface area contributed by atoms with Crippen LogP contribution in [0.5, 0.6) is 0 Å². The Labute approximate surface area is 155 Å². The van der Waals surface area contributed by atoms with Crippen molar-refractivity contribution in [2.75, 3.05) is 0 Å². The number of rotatable bonds is 0. The zero-order chi connectivity index (χ0) is 10.5. The van der Waals surface area contributed by atoms with Crippen molar-refractivity contribution in [3.05, 3.63) is 0 Å². The van der Waals surface area contributed by atoms with Gasteiger partial charge in [-0.25, -0.2) is 0 Å². The second kappa shape index (κ2) is 13.9. The Kier molecular flexibility index (Phi) is 23.4. The van der Waals surface area contributed by atoms with Crippen LogP contribution in [0.4, 0.5) is 0 Å². The molecule has 0 saturated heterocycles. The first-order chi connectivity index (χ1) is 5.80. The van der Waals surface area contributed by atoms with Gasteiger partial charge in [-0.3, -0.25) is 8.42 Å². The summed E-state index contributed by atoms with van der Waals surface area (Å²) in [4.78, 5) is 0. The summed E-state index contributed by atoms with van der Waals surface area (Å²) >= 11 is 0. The van der Waals surface area contributed by atoms with Gasteiger partial charge in [0.1, 0.15) is 0 Å². The number of nitrogens with two attached hydrogens (primary N) is 2. The largest absolute Gasteiger partial charge is 1.00 e. The van der Waals surface area contributed by atoms with Gasteiger partial charge in [0.2, 0.25) is 0 Å². The van der Waals surface area contributed by atoms with Gasteiger partial charge in [0.25, 0.3) is 0 Å². The number of hydrogen-bond acceptors (Lipinski definition) is 6. The van der Waals surface area contributed by atoms with E-state index in [9.17, 15) is 0 Å². The van der Waals surface area contributed by atoms with Crippen molar-refractivity contribution in [1.29, 1.82) is 0 Å². The first-order valence-corrected chi connectivity index (χ1v) is 5.32. The molecule has 1 rings (SSSR count). The Bertz CT molecular complexity index is 225. The van der Waals surface area contributed by atoms with Crippen LogP contribution in [0.25, 0.3) is 0 Å². The van der Waals surface area contributed by atoms with Crippen molar-refractivity contribution < 1.29 is 97.7 Å². The van der Waals surface area contributed by atoms with E-state index in [-0.39, 0.29) is 92.3 Å². The van der Waals surface area contributed by atoms with Gasteiger partial charge in [0.15, 0.2) is 0 Å². The normalized spacial score (nSPS) is 23.5. The van der Waals surface area contributed by atoms with Gasteiger partial charge in [-0.1, -0.05) is 12.8 Å². The van der Waals surface area contributed by atoms with Crippen LogP contribution in [0.3, 0.4) is 0 Å². The minimum absolute atomic E-state index is 0. The molecule has 2 unspecified atom stereocenters. The van der Waals surface area contributed by atoms with Gasteiger partial charge in [-0.2, -0.15) is 0 Å². The zero-order valence-electron chi connectivity index (χ0n) is 9.50. The molecule has 90 valence electrons. The van der Waals surface area contributed by atoms with Crippen LogP contribution >= 0.6 is 0 Å². The predicted molar refractivity (Wildman–Crippen MR) is 44.9 cm³/mol. The Balaban J connectivity index is -0.0000000818. The minimum Gasteiger partial charge on any atom is -0.759 e. The molecule has 0 aromatic rings. The molecule has 1 aliphatic carbocycles. The Morgan fingerprint density at radius 1 is 0.938 bits per heavy atom. The fourth-order valence-corrected chi connectivity index (χ4v) is 1.19. The third-order valence-corrected chi connectivity index (χ3v) is 1.87. The molecule has 0 radical (unpaired) electrons. The van der Waals surface area contributed by atoms with E-state index >= 15 is 0 Å². The second-order valence-electron chi connectivity index (χ2n) is 3.02. The molecule has 2 atom stereocenters. The summed E-state index contributed by atoms with van der Waals surface area (Å²) in [6.07, 6.45) is 4.80. The molecule has 0 aromatic heterocycles. The van der Waals surface area contributed by atoms with Gasteiger partial charge in [0.05, 0.1) is 0 Å². The third kappa shape index (κ3) is 21.7. The fraction of sp³-hybridized carbons (Fsp3) is 1.00. The molecule has 0 aliphatic heterocycles. The molecule has 16 heavy (non-hydrogen) atoms. The van der Waals surface area contributed by atoms with Gasteiger partial charge in [0, 0.05) is 43.5 Å². The molecule has 0 heterocycles. The van der Waals surface area contributed by atoms with Gasteiger partial charge >= 0.3 is 59.1 Å². The quantitative estimate of drug-likeness (QED) is 0.214. The predicted octanol–water partition coefficient (Wildman–Crippen LogP) is -7.12. The Morgan fingerprint density at radius 3 is 1.25 bits per heavy atom. The van der Waals surface area contributed by atoms with Gasteiger partial charge < -0.3 is 20.6 Å². The van der Waals surface area contributed by atoms with Crippen LogP contribution in [0.1, 0.15) is 25.7 Å². The maximum atomic E-state index is 8.52. The summed E-state index contributed by atoms with van der Waals surface area (Å²) in [7, 11) is -5.17. The van der Waals surface area contributed by atoms with E-state index in [0.29, 0.717) is 0 Å². The molecule has 1 saturated carbocycles. The smallest absolute Gasteiger partial charge is 0.759 e. The van der Waals surface area contributed by atoms with Crippen LogP contribution in [-0.4, -0.2) is 29.6 Å². The summed E-state index contributed by atoms with van der Waals surface area (Å²) in [5.74, 6) is 0. The molecule has 1 aliphatic rings. The standard InChI is InChI=1S/C6H14N2.2Na.H2O4S.Pt/c7-5-3-1-2-4-6(5)8;;;1-5(2,3)4;/h5-6H,1-4,7-8H2;;;(H2,1,2,3,4);/q;2*+1;;/p-2. The molecule has 4 N–H and O–H groups in total. The van der Waals surface area contributed by atoms with Crippen molar-refractivity contribution >= 4 is 10.4 Å². The summed E-state index contributed by atoms with van der Waals surface area (Å²) in [5.41, 5.74) is 11.3. The average molecular weight is 451 g/mol. The fourth-order valence-electron chi connectivity index (χ4n) is 1.19. The maximum absolute atomic E-state index is 8.52. The summed E-state index contributed by atoms with van der Waals surface area (Å²) in [6.45, 7) is 0.